The van der Waals surface area contributed by atoms with E-state index in [0.717, 1.165) is 4.80 Å². The molecular weight excluding hydrogens is 476 g/mol. The molecule has 0 aliphatic rings. The van der Waals surface area contributed by atoms with Gasteiger partial charge in [0, 0.05) is 17.7 Å². The first-order valence-electron chi connectivity index (χ1n) is 9.10. The molecule has 13 nitrogen and oxygen atoms in total. The minimum Gasteiger partial charge on any atom is -0.493 e. The Hall–Kier alpha value is -4.04. The van der Waals surface area contributed by atoms with Gasteiger partial charge in [-0.3, -0.25) is 25.8 Å². The van der Waals surface area contributed by atoms with Gasteiger partial charge in [-0.15, -0.1) is 10.2 Å². The summed E-state index contributed by atoms with van der Waals surface area (Å²) in [4.78, 5) is 23.5. The Labute approximate surface area is 197 Å². The topological polar surface area (TPSA) is 158 Å². The van der Waals surface area contributed by atoms with E-state index in [1.807, 2.05) is 0 Å². The maximum absolute atomic E-state index is 12.2. The van der Waals surface area contributed by atoms with Gasteiger partial charge in [-0.2, -0.15) is 4.80 Å². The molecule has 0 saturated heterocycles. The van der Waals surface area contributed by atoms with Crippen LogP contribution >= 0.6 is 23.8 Å². The van der Waals surface area contributed by atoms with Crippen molar-refractivity contribution < 1.29 is 19.2 Å². The zero-order valence-corrected chi connectivity index (χ0v) is 18.8. The summed E-state index contributed by atoms with van der Waals surface area (Å²) in [6, 6.07) is 8.97. The molecule has 1 heterocycles. The average Bonchev–Trinajstić information content (AvgIpc) is 3.26. The number of hydrogen-bond donors (Lipinski definition) is 3. The zero-order chi connectivity index (χ0) is 24.0. The Balaban J connectivity index is 1.54. The minimum atomic E-state index is -0.568. The fourth-order valence-electron chi connectivity index (χ4n) is 2.57. The first kappa shape index (κ1) is 23.6. The van der Waals surface area contributed by atoms with Crippen LogP contribution in [-0.2, 0) is 11.3 Å². The van der Waals surface area contributed by atoms with Gasteiger partial charge in [0.25, 0.3) is 11.6 Å². The molecule has 0 atom stereocenters. The summed E-state index contributed by atoms with van der Waals surface area (Å²) in [7, 11) is 3.04. The highest BCUT2D eigenvalue weighted by molar-refractivity contribution is 7.80. The van der Waals surface area contributed by atoms with Gasteiger partial charge < -0.3 is 14.8 Å². The second-order valence-corrected chi connectivity index (χ2v) is 7.08. The summed E-state index contributed by atoms with van der Waals surface area (Å²) in [5.74, 6) is 0.841. The van der Waals surface area contributed by atoms with Crippen molar-refractivity contribution >= 4 is 46.2 Å². The van der Waals surface area contributed by atoms with E-state index in [1.165, 1.54) is 32.4 Å². The third kappa shape index (κ3) is 6.02. The molecule has 0 radical (unpaired) electrons. The summed E-state index contributed by atoms with van der Waals surface area (Å²) in [6.45, 7) is -0.242. The van der Waals surface area contributed by atoms with Crippen molar-refractivity contribution in [2.75, 3.05) is 19.5 Å². The van der Waals surface area contributed by atoms with Gasteiger partial charge in [0.2, 0.25) is 5.82 Å². The predicted molar refractivity (Wildman–Crippen MR) is 122 cm³/mol. The van der Waals surface area contributed by atoms with E-state index in [4.69, 9.17) is 33.3 Å². The largest absolute Gasteiger partial charge is 0.493 e. The first-order valence-corrected chi connectivity index (χ1v) is 9.89. The Kier molecular flexibility index (Phi) is 7.53. The highest BCUT2D eigenvalue weighted by Gasteiger charge is 2.13. The zero-order valence-electron chi connectivity index (χ0n) is 17.2. The molecule has 2 aromatic carbocycles. The molecule has 0 aliphatic heterocycles. The van der Waals surface area contributed by atoms with Crippen molar-refractivity contribution in [3.05, 3.63) is 51.5 Å². The van der Waals surface area contributed by atoms with Crippen LogP contribution in [0.25, 0.3) is 11.4 Å². The summed E-state index contributed by atoms with van der Waals surface area (Å²) in [6.07, 6.45) is 0. The normalized spacial score (nSPS) is 10.3. The number of methoxy groups -OCH3 is 2. The number of nitrogens with one attached hydrogen (secondary N) is 3. The van der Waals surface area contributed by atoms with Crippen LogP contribution in [0.4, 0.5) is 11.4 Å². The molecule has 0 fully saturated rings. The Morgan fingerprint density at radius 3 is 2.61 bits per heavy atom. The molecule has 33 heavy (non-hydrogen) atoms. The lowest BCUT2D eigenvalue weighted by Crippen LogP contribution is -2.45. The number of hydrazine groups is 1. The van der Waals surface area contributed by atoms with Crippen LogP contribution in [0.3, 0.4) is 0 Å². The second-order valence-electron chi connectivity index (χ2n) is 6.26. The Morgan fingerprint density at radius 1 is 1.18 bits per heavy atom. The summed E-state index contributed by atoms with van der Waals surface area (Å²) < 4.78 is 10.4. The van der Waals surface area contributed by atoms with E-state index in [-0.39, 0.29) is 22.4 Å². The number of carbonyl (C=O) groups is 1. The SMILES string of the molecule is COc1ccc(-c2nnn(CC(=O)NNC(=S)Nc3ccc([N+](=O)[O-])cc3Cl)n2)cc1OC. The minimum absolute atomic E-state index is 0.0108. The number of ether oxygens (including phenoxy) is 2. The number of aromatic nitrogens is 4. The molecule has 0 unspecified atom stereocenters. The fourth-order valence-corrected chi connectivity index (χ4v) is 2.95. The number of tetrazole rings is 1. The number of nitro groups is 1. The van der Waals surface area contributed by atoms with E-state index in [2.05, 4.69) is 31.6 Å². The van der Waals surface area contributed by atoms with Gasteiger partial charge in [0.1, 0.15) is 6.54 Å². The number of amides is 1. The highest BCUT2D eigenvalue weighted by Crippen LogP contribution is 2.30. The first-order chi connectivity index (χ1) is 15.8. The van der Waals surface area contributed by atoms with Gasteiger partial charge >= 0.3 is 0 Å². The van der Waals surface area contributed by atoms with Crippen molar-refractivity contribution in [1.29, 1.82) is 0 Å². The average molecular weight is 493 g/mol. The Morgan fingerprint density at radius 2 is 1.94 bits per heavy atom. The van der Waals surface area contributed by atoms with Crippen molar-refractivity contribution in [2.45, 2.75) is 6.54 Å². The second kappa shape index (κ2) is 10.5. The van der Waals surface area contributed by atoms with Crippen molar-refractivity contribution in [1.82, 2.24) is 31.1 Å². The number of halogens is 1. The van der Waals surface area contributed by atoms with E-state index in [1.54, 1.807) is 18.2 Å². The molecule has 0 spiro atoms. The van der Waals surface area contributed by atoms with E-state index >= 15 is 0 Å². The maximum Gasteiger partial charge on any atom is 0.271 e. The monoisotopic (exact) mass is 492 g/mol. The highest BCUT2D eigenvalue weighted by atomic mass is 35.5. The number of nitro benzene ring substituents is 1. The number of anilines is 1. The van der Waals surface area contributed by atoms with Gasteiger partial charge in [0.15, 0.2) is 16.6 Å². The quantitative estimate of drug-likeness (QED) is 0.251. The van der Waals surface area contributed by atoms with E-state index < -0.39 is 10.8 Å². The number of nitrogens with zero attached hydrogens (tertiary/aromatic N) is 5. The molecule has 0 saturated carbocycles. The molecular formula is C18H17ClN8O5S. The lowest BCUT2D eigenvalue weighted by Gasteiger charge is -2.12. The lowest BCUT2D eigenvalue weighted by atomic mass is 10.2. The van der Waals surface area contributed by atoms with Crippen LogP contribution in [0, 0.1) is 10.1 Å². The molecule has 172 valence electrons. The van der Waals surface area contributed by atoms with Gasteiger partial charge in [-0.05, 0) is 41.7 Å². The maximum atomic E-state index is 12.2. The number of rotatable bonds is 7. The molecule has 15 heteroatoms. The third-order valence-electron chi connectivity index (χ3n) is 4.11. The van der Waals surface area contributed by atoms with Crippen molar-refractivity contribution in [2.24, 2.45) is 0 Å². The van der Waals surface area contributed by atoms with Crippen LogP contribution in [0.5, 0.6) is 11.5 Å². The lowest BCUT2D eigenvalue weighted by molar-refractivity contribution is -0.384. The molecule has 1 amide bonds. The molecule has 3 rings (SSSR count). The van der Waals surface area contributed by atoms with E-state index in [0.29, 0.717) is 28.6 Å². The number of thiocarbonyl (C=S) groups is 1. The van der Waals surface area contributed by atoms with Crippen LogP contribution in [0.1, 0.15) is 0 Å². The molecule has 3 N–H and O–H groups in total. The van der Waals surface area contributed by atoms with E-state index in [9.17, 15) is 14.9 Å². The molecule has 1 aromatic heterocycles. The van der Waals surface area contributed by atoms with Gasteiger partial charge in [-0.1, -0.05) is 11.6 Å². The number of non-ortho nitro benzene ring substituents is 1. The standard InChI is InChI=1S/C18H17ClN8O5S/c1-31-14-6-3-10(7-15(14)32-2)17-22-25-26(24-17)9-16(28)21-23-18(33)20-13-5-4-11(27(29)30)8-12(13)19/h3-8H,9H2,1-2H3,(H,21,28)(H2,20,23,33). The number of hydrogen-bond acceptors (Lipinski definition) is 9. The van der Waals surface area contributed by atoms with Gasteiger partial charge in [0.05, 0.1) is 29.9 Å². The van der Waals surface area contributed by atoms with Crippen LogP contribution in [-0.4, -0.2) is 50.4 Å². The number of carbonyl (C=O) groups excluding carboxylic acids is 1. The van der Waals surface area contributed by atoms with Gasteiger partial charge in [-0.25, -0.2) is 0 Å². The van der Waals surface area contributed by atoms with Crippen LogP contribution in [0.2, 0.25) is 5.02 Å². The summed E-state index contributed by atoms with van der Waals surface area (Å²) in [5, 5.41) is 25.5. The Bertz CT molecular complexity index is 1200. The number of benzene rings is 2. The molecule has 3 aromatic rings. The molecule has 0 bridgehead atoms. The summed E-state index contributed by atoms with van der Waals surface area (Å²) in [5.41, 5.74) is 5.66. The smallest absolute Gasteiger partial charge is 0.271 e. The molecule has 0 aliphatic carbocycles. The predicted octanol–water partition coefficient (Wildman–Crippen LogP) is 1.94. The van der Waals surface area contributed by atoms with Crippen molar-refractivity contribution in [3.63, 3.8) is 0 Å². The van der Waals surface area contributed by atoms with Crippen molar-refractivity contribution in [3.8, 4) is 22.9 Å². The fraction of sp³-hybridized carbons (Fsp3) is 0.167. The van der Waals surface area contributed by atoms with Crippen LogP contribution in [0.15, 0.2) is 36.4 Å². The summed E-state index contributed by atoms with van der Waals surface area (Å²) >= 11 is 11.1. The van der Waals surface area contributed by atoms with Crippen LogP contribution < -0.4 is 25.6 Å². The third-order valence-corrected chi connectivity index (χ3v) is 4.62.